The quantitative estimate of drug-likeness (QED) is 0.546. The lowest BCUT2D eigenvalue weighted by Gasteiger charge is -2.13. The number of amides is 1. The van der Waals surface area contributed by atoms with Gasteiger partial charge >= 0.3 is 0 Å². The van der Waals surface area contributed by atoms with Crippen molar-refractivity contribution in [1.29, 1.82) is 0 Å². The highest BCUT2D eigenvalue weighted by atomic mass is 32.1. The van der Waals surface area contributed by atoms with E-state index in [9.17, 15) is 9.59 Å². The standard InChI is InChI=1S/C21H18N4O3S/c1-13(19(26)22-15-8-10-16(28-2)11-9-15)25-21(27)17-12-18(29-20(17)23-24-25)14-6-4-3-5-7-14/h3-13H,1-2H3,(H,22,26)/t13-/m1/s1. The predicted molar refractivity (Wildman–Crippen MR) is 113 cm³/mol. The van der Waals surface area contributed by atoms with E-state index in [0.717, 1.165) is 15.1 Å². The van der Waals surface area contributed by atoms with Gasteiger partial charge in [-0.15, -0.1) is 16.4 Å². The molecule has 7 nitrogen and oxygen atoms in total. The summed E-state index contributed by atoms with van der Waals surface area (Å²) in [5.41, 5.74) is 1.27. The molecular formula is C21H18N4O3S. The van der Waals surface area contributed by atoms with Crippen molar-refractivity contribution in [2.45, 2.75) is 13.0 Å². The van der Waals surface area contributed by atoms with Crippen LogP contribution in [0, 0.1) is 0 Å². The maximum absolute atomic E-state index is 12.9. The number of hydrogen-bond donors (Lipinski definition) is 1. The number of methoxy groups -OCH3 is 1. The Hall–Kier alpha value is -3.52. The molecule has 2 aromatic carbocycles. The highest BCUT2D eigenvalue weighted by Gasteiger charge is 2.20. The molecule has 0 saturated heterocycles. The highest BCUT2D eigenvalue weighted by Crippen LogP contribution is 2.30. The van der Waals surface area contributed by atoms with Crippen LogP contribution < -0.4 is 15.6 Å². The molecule has 0 radical (unpaired) electrons. The van der Waals surface area contributed by atoms with Gasteiger partial charge in [0, 0.05) is 10.6 Å². The molecule has 0 aliphatic heterocycles. The van der Waals surface area contributed by atoms with Crippen molar-refractivity contribution in [3.63, 3.8) is 0 Å². The van der Waals surface area contributed by atoms with E-state index in [1.54, 1.807) is 44.4 Å². The molecule has 0 bridgehead atoms. The minimum atomic E-state index is -0.818. The lowest BCUT2D eigenvalue weighted by molar-refractivity contribution is -0.119. The van der Waals surface area contributed by atoms with Crippen LogP contribution in [-0.4, -0.2) is 28.0 Å². The maximum atomic E-state index is 12.9. The van der Waals surface area contributed by atoms with Crippen LogP contribution in [0.2, 0.25) is 0 Å². The van der Waals surface area contributed by atoms with E-state index >= 15 is 0 Å². The van der Waals surface area contributed by atoms with Crippen LogP contribution >= 0.6 is 11.3 Å². The SMILES string of the molecule is COc1ccc(NC(=O)[C@@H](C)n2nnc3sc(-c4ccccc4)cc3c2=O)cc1. The van der Waals surface area contributed by atoms with E-state index in [1.165, 1.54) is 11.3 Å². The van der Waals surface area contributed by atoms with Gasteiger partial charge in [-0.1, -0.05) is 35.5 Å². The summed E-state index contributed by atoms with van der Waals surface area (Å²) in [6.45, 7) is 1.62. The van der Waals surface area contributed by atoms with E-state index < -0.39 is 6.04 Å². The number of thiophene rings is 1. The molecule has 0 aliphatic rings. The molecular weight excluding hydrogens is 388 g/mol. The van der Waals surface area contributed by atoms with Crippen molar-refractivity contribution >= 4 is 33.1 Å². The summed E-state index contributed by atoms with van der Waals surface area (Å²) in [5.74, 6) is 0.333. The van der Waals surface area contributed by atoms with Crippen LogP contribution in [0.4, 0.5) is 5.69 Å². The van der Waals surface area contributed by atoms with Crippen molar-refractivity contribution in [1.82, 2.24) is 15.0 Å². The van der Waals surface area contributed by atoms with Crippen molar-refractivity contribution in [2.24, 2.45) is 0 Å². The Morgan fingerprint density at radius 3 is 2.55 bits per heavy atom. The van der Waals surface area contributed by atoms with Crippen LogP contribution in [0.1, 0.15) is 13.0 Å². The van der Waals surface area contributed by atoms with Gasteiger partial charge in [0.25, 0.3) is 5.56 Å². The Kier molecular flexibility index (Phi) is 5.09. The number of carbonyl (C=O) groups is 1. The predicted octanol–water partition coefficient (Wildman–Crippen LogP) is 3.73. The Morgan fingerprint density at radius 2 is 1.86 bits per heavy atom. The molecule has 0 fully saturated rings. The second-order valence-electron chi connectivity index (χ2n) is 6.43. The molecule has 1 amide bonds. The van der Waals surface area contributed by atoms with E-state index in [-0.39, 0.29) is 11.5 Å². The molecule has 0 spiro atoms. The zero-order chi connectivity index (χ0) is 20.4. The van der Waals surface area contributed by atoms with Gasteiger partial charge in [-0.2, -0.15) is 4.68 Å². The third-order valence-corrected chi connectivity index (χ3v) is 5.61. The summed E-state index contributed by atoms with van der Waals surface area (Å²) >= 11 is 1.40. The minimum Gasteiger partial charge on any atom is -0.497 e. The molecule has 4 rings (SSSR count). The zero-order valence-electron chi connectivity index (χ0n) is 15.8. The molecule has 2 aromatic heterocycles. The van der Waals surface area contributed by atoms with Crippen molar-refractivity contribution < 1.29 is 9.53 Å². The lowest BCUT2D eigenvalue weighted by atomic mass is 10.2. The summed E-state index contributed by atoms with van der Waals surface area (Å²) in [4.78, 5) is 27.0. The highest BCUT2D eigenvalue weighted by molar-refractivity contribution is 7.21. The number of carbonyl (C=O) groups excluding carboxylic acids is 1. The molecule has 8 heteroatoms. The molecule has 2 heterocycles. The van der Waals surface area contributed by atoms with Gasteiger partial charge in [0.15, 0.2) is 4.83 Å². The van der Waals surface area contributed by atoms with Crippen molar-refractivity contribution in [3.05, 3.63) is 71.0 Å². The molecule has 1 N–H and O–H groups in total. The molecule has 29 heavy (non-hydrogen) atoms. The summed E-state index contributed by atoms with van der Waals surface area (Å²) in [6, 6.07) is 17.7. The summed E-state index contributed by atoms with van der Waals surface area (Å²) in [5, 5.41) is 11.4. The average Bonchev–Trinajstić information content (AvgIpc) is 3.20. The largest absolute Gasteiger partial charge is 0.497 e. The number of aromatic nitrogens is 3. The topological polar surface area (TPSA) is 86.1 Å². The molecule has 146 valence electrons. The fraction of sp³-hybridized carbons (Fsp3) is 0.143. The fourth-order valence-corrected chi connectivity index (χ4v) is 3.86. The van der Waals surface area contributed by atoms with Crippen LogP contribution in [0.15, 0.2) is 65.5 Å². The number of anilines is 1. The first-order valence-corrected chi connectivity index (χ1v) is 9.78. The van der Waals surface area contributed by atoms with E-state index in [0.29, 0.717) is 21.7 Å². The molecule has 0 saturated carbocycles. The van der Waals surface area contributed by atoms with Gasteiger partial charge in [-0.3, -0.25) is 9.59 Å². The van der Waals surface area contributed by atoms with Gasteiger partial charge in [0.05, 0.1) is 12.5 Å². The van der Waals surface area contributed by atoms with E-state index in [2.05, 4.69) is 15.6 Å². The molecule has 4 aromatic rings. The number of fused-ring (bicyclic) bond motifs is 1. The summed E-state index contributed by atoms with van der Waals surface area (Å²) in [6.07, 6.45) is 0. The van der Waals surface area contributed by atoms with E-state index in [1.807, 2.05) is 30.3 Å². The number of nitrogens with zero attached hydrogens (tertiary/aromatic N) is 3. The Bertz CT molecular complexity index is 1220. The average molecular weight is 406 g/mol. The summed E-state index contributed by atoms with van der Waals surface area (Å²) < 4.78 is 6.22. The first-order chi connectivity index (χ1) is 14.1. The zero-order valence-corrected chi connectivity index (χ0v) is 16.6. The number of ether oxygens (including phenoxy) is 1. The first kappa shape index (κ1) is 18.8. The third kappa shape index (κ3) is 3.74. The van der Waals surface area contributed by atoms with E-state index in [4.69, 9.17) is 4.74 Å². The van der Waals surface area contributed by atoms with Gasteiger partial charge < -0.3 is 10.1 Å². The third-order valence-electron chi connectivity index (χ3n) is 4.55. The van der Waals surface area contributed by atoms with Gasteiger partial charge in [-0.05, 0) is 42.8 Å². The smallest absolute Gasteiger partial charge is 0.279 e. The minimum absolute atomic E-state index is 0.342. The lowest BCUT2D eigenvalue weighted by Crippen LogP contribution is -2.33. The second-order valence-corrected chi connectivity index (χ2v) is 7.46. The van der Waals surface area contributed by atoms with Crippen LogP contribution in [-0.2, 0) is 4.79 Å². The Balaban J connectivity index is 1.61. The Labute approximate surface area is 170 Å². The van der Waals surface area contributed by atoms with Crippen LogP contribution in [0.5, 0.6) is 5.75 Å². The van der Waals surface area contributed by atoms with Crippen molar-refractivity contribution in [2.75, 3.05) is 12.4 Å². The second kappa shape index (κ2) is 7.84. The number of nitrogens with one attached hydrogen (secondary N) is 1. The molecule has 0 unspecified atom stereocenters. The maximum Gasteiger partial charge on any atom is 0.279 e. The Morgan fingerprint density at radius 1 is 1.14 bits per heavy atom. The number of hydrogen-bond acceptors (Lipinski definition) is 6. The number of rotatable bonds is 5. The van der Waals surface area contributed by atoms with Gasteiger partial charge in [0.1, 0.15) is 11.8 Å². The van der Waals surface area contributed by atoms with Crippen molar-refractivity contribution in [3.8, 4) is 16.2 Å². The monoisotopic (exact) mass is 406 g/mol. The molecule has 0 aliphatic carbocycles. The van der Waals surface area contributed by atoms with Crippen LogP contribution in [0.3, 0.4) is 0 Å². The van der Waals surface area contributed by atoms with Gasteiger partial charge in [0.2, 0.25) is 5.91 Å². The number of benzene rings is 2. The van der Waals surface area contributed by atoms with Gasteiger partial charge in [-0.25, -0.2) is 0 Å². The fourth-order valence-electron chi connectivity index (χ4n) is 2.89. The first-order valence-electron chi connectivity index (χ1n) is 8.96. The normalized spacial score (nSPS) is 11.9. The van der Waals surface area contributed by atoms with Crippen LogP contribution in [0.25, 0.3) is 20.7 Å². The summed E-state index contributed by atoms with van der Waals surface area (Å²) in [7, 11) is 1.57. The molecule has 1 atom stereocenters.